The summed E-state index contributed by atoms with van der Waals surface area (Å²) in [5.74, 6) is 0. The first-order chi connectivity index (χ1) is 4.66. The minimum absolute atomic E-state index is 0.342. The van der Waals surface area contributed by atoms with E-state index < -0.39 is 0 Å². The lowest BCUT2D eigenvalue weighted by molar-refractivity contribution is 0.0681. The predicted molar refractivity (Wildman–Crippen MR) is 37.3 cm³/mol. The summed E-state index contributed by atoms with van der Waals surface area (Å²) in [5.41, 5.74) is 0. The van der Waals surface area contributed by atoms with Gasteiger partial charge in [-0.3, -0.25) is 0 Å². The quantitative estimate of drug-likeness (QED) is 0.629. The third-order valence-electron chi connectivity index (χ3n) is 1.09. The Kier molecular flexibility index (Phi) is 4.91. The van der Waals surface area contributed by atoms with Crippen LogP contribution < -0.4 is 0 Å². The molecule has 0 amide bonds. The fourth-order valence-corrected chi connectivity index (χ4v) is 0.453. The highest BCUT2D eigenvalue weighted by atomic mass is 16.5. The van der Waals surface area contributed by atoms with Crippen LogP contribution in [0.1, 0.15) is 20.3 Å². The van der Waals surface area contributed by atoms with Crippen molar-refractivity contribution in [3.63, 3.8) is 0 Å². The van der Waals surface area contributed by atoms with Crippen molar-refractivity contribution >= 4 is 0 Å². The van der Waals surface area contributed by atoms with Crippen LogP contribution in [-0.4, -0.2) is 23.9 Å². The number of ether oxygens (including phenoxy) is 1. The summed E-state index contributed by atoms with van der Waals surface area (Å²) in [7, 11) is 0. The van der Waals surface area contributed by atoms with E-state index in [0.29, 0.717) is 13.0 Å². The highest BCUT2D eigenvalue weighted by molar-refractivity contribution is 4.78. The fraction of sp³-hybridized carbons (Fsp3) is 0.857. The van der Waals surface area contributed by atoms with Crippen LogP contribution in [0.25, 0.3) is 0 Å². The van der Waals surface area contributed by atoms with E-state index >= 15 is 0 Å². The van der Waals surface area contributed by atoms with Gasteiger partial charge in [-0.2, -0.15) is 5.26 Å². The molecule has 58 valence electrons. The Morgan fingerprint density at radius 3 is 2.60 bits per heavy atom. The second-order valence-electron chi connectivity index (χ2n) is 2.28. The van der Waals surface area contributed by atoms with Crippen LogP contribution in [0.4, 0.5) is 0 Å². The summed E-state index contributed by atoms with van der Waals surface area (Å²) >= 11 is 0. The van der Waals surface area contributed by atoms with E-state index in [4.69, 9.17) is 15.1 Å². The maximum atomic E-state index is 8.78. The molecule has 3 heteroatoms. The van der Waals surface area contributed by atoms with Crippen molar-refractivity contribution in [2.24, 2.45) is 0 Å². The van der Waals surface area contributed by atoms with Crippen LogP contribution in [0.15, 0.2) is 0 Å². The average molecular weight is 143 g/mol. The molecule has 0 aliphatic heterocycles. The van der Waals surface area contributed by atoms with E-state index in [-0.39, 0.29) is 12.2 Å². The fourth-order valence-electron chi connectivity index (χ4n) is 0.453. The Morgan fingerprint density at radius 2 is 2.20 bits per heavy atom. The molecule has 0 aromatic carbocycles. The molecule has 0 spiro atoms. The number of nitriles is 1. The van der Waals surface area contributed by atoms with Gasteiger partial charge >= 0.3 is 0 Å². The van der Waals surface area contributed by atoms with Crippen LogP contribution in [-0.2, 0) is 4.74 Å². The second kappa shape index (κ2) is 5.21. The van der Waals surface area contributed by atoms with Crippen molar-refractivity contribution in [1.29, 1.82) is 5.26 Å². The molecule has 10 heavy (non-hydrogen) atoms. The zero-order chi connectivity index (χ0) is 7.98. The highest BCUT2D eigenvalue weighted by Crippen LogP contribution is 1.93. The van der Waals surface area contributed by atoms with Gasteiger partial charge in [-0.15, -0.1) is 0 Å². The molecule has 0 aliphatic rings. The molecule has 2 atom stereocenters. The number of rotatable bonds is 4. The SMILES string of the molecule is CC(O)CCOC(C)C#N. The van der Waals surface area contributed by atoms with Gasteiger partial charge in [-0.05, 0) is 20.3 Å². The first-order valence-corrected chi connectivity index (χ1v) is 3.36. The van der Waals surface area contributed by atoms with Gasteiger partial charge < -0.3 is 9.84 Å². The van der Waals surface area contributed by atoms with Gasteiger partial charge in [0.15, 0.2) is 0 Å². The van der Waals surface area contributed by atoms with Crippen LogP contribution in [0.2, 0.25) is 0 Å². The molecule has 0 aromatic rings. The van der Waals surface area contributed by atoms with E-state index in [2.05, 4.69) is 0 Å². The van der Waals surface area contributed by atoms with Crippen molar-refractivity contribution < 1.29 is 9.84 Å². The Balaban J connectivity index is 3.13. The highest BCUT2D eigenvalue weighted by Gasteiger charge is 1.99. The monoisotopic (exact) mass is 143 g/mol. The molecule has 1 N–H and O–H groups in total. The Bertz CT molecular complexity index is 117. The summed E-state index contributed by atoms with van der Waals surface area (Å²) in [5, 5.41) is 17.0. The molecule has 0 fully saturated rings. The standard InChI is InChI=1S/C7H13NO2/c1-6(9)3-4-10-7(2)5-8/h6-7,9H,3-4H2,1-2H3. The lowest BCUT2D eigenvalue weighted by Gasteiger charge is -2.05. The van der Waals surface area contributed by atoms with Gasteiger partial charge in [-0.1, -0.05) is 0 Å². The van der Waals surface area contributed by atoms with Gasteiger partial charge in [0.2, 0.25) is 0 Å². The van der Waals surface area contributed by atoms with Crippen LogP contribution in [0.5, 0.6) is 0 Å². The third-order valence-corrected chi connectivity index (χ3v) is 1.09. The van der Waals surface area contributed by atoms with Crippen LogP contribution >= 0.6 is 0 Å². The Hall–Kier alpha value is -0.590. The van der Waals surface area contributed by atoms with Gasteiger partial charge in [0.05, 0.1) is 18.8 Å². The van der Waals surface area contributed by atoms with Gasteiger partial charge in [0, 0.05) is 0 Å². The molecule has 0 aromatic heterocycles. The molecule has 0 heterocycles. The van der Waals surface area contributed by atoms with E-state index in [1.807, 2.05) is 6.07 Å². The average Bonchev–Trinajstić information content (AvgIpc) is 1.87. The lowest BCUT2D eigenvalue weighted by atomic mass is 10.3. The van der Waals surface area contributed by atoms with Gasteiger partial charge in [0.1, 0.15) is 6.10 Å². The molecule has 0 aliphatic carbocycles. The van der Waals surface area contributed by atoms with E-state index in [1.165, 1.54) is 0 Å². The normalized spacial score (nSPS) is 15.8. The number of nitrogens with zero attached hydrogens (tertiary/aromatic N) is 1. The van der Waals surface area contributed by atoms with Crippen molar-refractivity contribution in [2.75, 3.05) is 6.61 Å². The smallest absolute Gasteiger partial charge is 0.141 e. The number of hydrogen-bond acceptors (Lipinski definition) is 3. The number of hydrogen-bond donors (Lipinski definition) is 1. The Morgan fingerprint density at radius 1 is 1.60 bits per heavy atom. The molecule has 0 radical (unpaired) electrons. The second-order valence-corrected chi connectivity index (χ2v) is 2.28. The molecule has 0 saturated carbocycles. The number of aliphatic hydroxyl groups is 1. The molecular formula is C7H13NO2. The van der Waals surface area contributed by atoms with Crippen molar-refractivity contribution in [3.8, 4) is 6.07 Å². The number of aliphatic hydroxyl groups excluding tert-OH is 1. The molecule has 2 unspecified atom stereocenters. The summed E-state index contributed by atoms with van der Waals surface area (Å²) in [4.78, 5) is 0. The van der Waals surface area contributed by atoms with Crippen molar-refractivity contribution in [3.05, 3.63) is 0 Å². The molecule has 3 nitrogen and oxygen atoms in total. The Labute approximate surface area is 61.2 Å². The molecule has 0 saturated heterocycles. The third kappa shape index (κ3) is 5.54. The first-order valence-electron chi connectivity index (χ1n) is 3.36. The molecule has 0 bridgehead atoms. The summed E-state index contributed by atoms with van der Waals surface area (Å²) < 4.78 is 4.98. The summed E-state index contributed by atoms with van der Waals surface area (Å²) in [6, 6.07) is 1.93. The zero-order valence-corrected chi connectivity index (χ0v) is 6.37. The van der Waals surface area contributed by atoms with E-state index in [1.54, 1.807) is 13.8 Å². The van der Waals surface area contributed by atoms with Crippen LogP contribution in [0.3, 0.4) is 0 Å². The maximum absolute atomic E-state index is 8.78. The minimum Gasteiger partial charge on any atom is -0.393 e. The molecular weight excluding hydrogens is 130 g/mol. The van der Waals surface area contributed by atoms with E-state index in [0.717, 1.165) is 0 Å². The maximum Gasteiger partial charge on any atom is 0.141 e. The van der Waals surface area contributed by atoms with Crippen LogP contribution in [0, 0.1) is 11.3 Å². The summed E-state index contributed by atoms with van der Waals surface area (Å²) in [6.07, 6.45) is -0.115. The summed E-state index contributed by atoms with van der Waals surface area (Å²) in [6.45, 7) is 3.83. The van der Waals surface area contributed by atoms with Crippen molar-refractivity contribution in [2.45, 2.75) is 32.5 Å². The minimum atomic E-state index is -0.362. The topological polar surface area (TPSA) is 53.2 Å². The lowest BCUT2D eigenvalue weighted by Crippen LogP contribution is -2.10. The largest absolute Gasteiger partial charge is 0.393 e. The zero-order valence-electron chi connectivity index (χ0n) is 6.37. The van der Waals surface area contributed by atoms with Gasteiger partial charge in [-0.25, -0.2) is 0 Å². The van der Waals surface area contributed by atoms with E-state index in [9.17, 15) is 0 Å². The van der Waals surface area contributed by atoms with Gasteiger partial charge in [0.25, 0.3) is 0 Å². The molecule has 0 rings (SSSR count). The van der Waals surface area contributed by atoms with Crippen molar-refractivity contribution in [1.82, 2.24) is 0 Å². The first kappa shape index (κ1) is 9.41. The predicted octanol–water partition coefficient (Wildman–Crippen LogP) is 0.686.